The van der Waals surface area contributed by atoms with Crippen LogP contribution in [0.1, 0.15) is 5.56 Å². The monoisotopic (exact) mass is 324 g/mol. The Morgan fingerprint density at radius 3 is 2.57 bits per heavy atom. The van der Waals surface area contributed by atoms with Crippen LogP contribution in [-0.2, 0) is 4.79 Å². The summed E-state index contributed by atoms with van der Waals surface area (Å²) in [5.41, 5.74) is 2.87. The summed E-state index contributed by atoms with van der Waals surface area (Å²) >= 11 is 0. The van der Waals surface area contributed by atoms with Crippen molar-refractivity contribution in [2.45, 2.75) is 6.18 Å². The van der Waals surface area contributed by atoms with E-state index in [4.69, 9.17) is 15.2 Å². The van der Waals surface area contributed by atoms with Crippen LogP contribution in [0.15, 0.2) is 31.0 Å². The molecular formula is C12H7F3N6O2. The Hall–Kier alpha value is -3.42. The Bertz CT molecular complexity index is 863. The van der Waals surface area contributed by atoms with E-state index in [2.05, 4.69) is 26.3 Å². The number of fused-ring (bicyclic) bond motifs is 1. The van der Waals surface area contributed by atoms with Gasteiger partial charge in [0.05, 0.1) is 36.0 Å². The van der Waals surface area contributed by atoms with Crippen LogP contribution in [-0.4, -0.2) is 42.0 Å². The quantitative estimate of drug-likeness (QED) is 0.702. The Labute approximate surface area is 125 Å². The van der Waals surface area contributed by atoms with Crippen LogP contribution >= 0.6 is 0 Å². The van der Waals surface area contributed by atoms with Gasteiger partial charge in [0.1, 0.15) is 11.6 Å². The van der Waals surface area contributed by atoms with Gasteiger partial charge in [-0.15, -0.1) is 0 Å². The third kappa shape index (κ3) is 3.62. The molecule has 2 N–H and O–H groups in total. The van der Waals surface area contributed by atoms with Crippen LogP contribution in [0.4, 0.5) is 13.2 Å². The van der Waals surface area contributed by atoms with Gasteiger partial charge in [0.2, 0.25) is 0 Å². The fraction of sp³-hybridized carbons (Fsp3) is 0.0833. The molecule has 0 spiro atoms. The van der Waals surface area contributed by atoms with Crippen molar-refractivity contribution in [3.8, 4) is 17.3 Å². The molecular weight excluding hydrogens is 317 g/mol. The minimum atomic E-state index is -5.08. The van der Waals surface area contributed by atoms with Gasteiger partial charge in [-0.05, 0) is 0 Å². The summed E-state index contributed by atoms with van der Waals surface area (Å²) in [5.74, 6) is -2.76. The summed E-state index contributed by atoms with van der Waals surface area (Å²) in [4.78, 5) is 13.2. The van der Waals surface area contributed by atoms with Crippen LogP contribution in [0.25, 0.3) is 16.8 Å². The largest absolute Gasteiger partial charge is 0.490 e. The molecule has 0 saturated carbocycles. The predicted molar refractivity (Wildman–Crippen MR) is 69.0 cm³/mol. The first-order valence-electron chi connectivity index (χ1n) is 5.85. The van der Waals surface area contributed by atoms with Gasteiger partial charge in [0.15, 0.2) is 0 Å². The summed E-state index contributed by atoms with van der Waals surface area (Å²) in [5, 5.41) is 26.6. The molecule has 3 aromatic rings. The maximum absolute atomic E-state index is 10.6. The highest BCUT2D eigenvalue weighted by Crippen LogP contribution is 2.16. The number of H-pyrrole nitrogens is 1. The van der Waals surface area contributed by atoms with Crippen LogP contribution in [0.2, 0.25) is 0 Å². The molecule has 3 heterocycles. The lowest BCUT2D eigenvalue weighted by Gasteiger charge is -1.97. The van der Waals surface area contributed by atoms with Gasteiger partial charge in [-0.1, -0.05) is 0 Å². The fourth-order valence-corrected chi connectivity index (χ4v) is 1.51. The number of nitrogens with zero attached hydrogens (tertiary/aromatic N) is 5. The number of hydrogen-bond donors (Lipinski definition) is 2. The SMILES string of the molecule is N#Cc1cnn2cc(-c3cn[nH]c3)ncc12.O=C(O)C(F)(F)F. The third-order valence-electron chi connectivity index (χ3n) is 2.56. The number of carbonyl (C=O) groups is 1. The average molecular weight is 324 g/mol. The van der Waals surface area contributed by atoms with Crippen molar-refractivity contribution in [2.24, 2.45) is 0 Å². The van der Waals surface area contributed by atoms with Gasteiger partial charge >= 0.3 is 12.1 Å². The van der Waals surface area contributed by atoms with Crippen LogP contribution < -0.4 is 0 Å². The van der Waals surface area contributed by atoms with Crippen molar-refractivity contribution in [3.05, 3.63) is 36.5 Å². The summed E-state index contributed by atoms with van der Waals surface area (Å²) in [6, 6.07) is 2.06. The van der Waals surface area contributed by atoms with Crippen molar-refractivity contribution < 1.29 is 23.1 Å². The van der Waals surface area contributed by atoms with Crippen molar-refractivity contribution >= 4 is 11.5 Å². The van der Waals surface area contributed by atoms with E-state index < -0.39 is 12.1 Å². The van der Waals surface area contributed by atoms with E-state index in [0.717, 1.165) is 11.3 Å². The van der Waals surface area contributed by atoms with Crippen molar-refractivity contribution in [1.29, 1.82) is 5.26 Å². The highest BCUT2D eigenvalue weighted by atomic mass is 19.4. The zero-order valence-electron chi connectivity index (χ0n) is 11.1. The molecule has 0 aliphatic heterocycles. The molecule has 0 bridgehead atoms. The maximum Gasteiger partial charge on any atom is 0.490 e. The number of halogens is 3. The standard InChI is InChI=1S/C10H6N6.C2HF3O2/c11-1-7-4-15-16-6-9(12-5-10(7)16)8-2-13-14-3-8;3-2(4,5)1(6)7/h2-6H,(H,13,14);(H,6,7). The number of aromatic amines is 1. The molecule has 0 unspecified atom stereocenters. The molecule has 0 aromatic carbocycles. The van der Waals surface area contributed by atoms with E-state index in [9.17, 15) is 13.2 Å². The smallest absolute Gasteiger partial charge is 0.475 e. The first-order valence-corrected chi connectivity index (χ1v) is 5.85. The fourth-order valence-electron chi connectivity index (χ4n) is 1.51. The Kier molecular flexibility index (Phi) is 4.26. The van der Waals surface area contributed by atoms with Crippen molar-refractivity contribution in [2.75, 3.05) is 0 Å². The summed E-state index contributed by atoms with van der Waals surface area (Å²) in [7, 11) is 0. The Balaban J connectivity index is 0.000000236. The van der Waals surface area contributed by atoms with E-state index in [1.165, 1.54) is 6.20 Å². The molecule has 0 fully saturated rings. The topological polar surface area (TPSA) is 120 Å². The van der Waals surface area contributed by atoms with E-state index in [-0.39, 0.29) is 0 Å². The molecule has 0 aliphatic rings. The Morgan fingerprint density at radius 1 is 1.35 bits per heavy atom. The maximum atomic E-state index is 10.6. The number of nitrogens with one attached hydrogen (secondary N) is 1. The second-order valence-electron chi connectivity index (χ2n) is 4.06. The number of carboxylic acids is 1. The average Bonchev–Trinajstić information content (AvgIpc) is 3.15. The molecule has 0 aliphatic carbocycles. The number of hydrogen-bond acceptors (Lipinski definition) is 5. The molecule has 11 heteroatoms. The van der Waals surface area contributed by atoms with Crippen molar-refractivity contribution in [1.82, 2.24) is 24.8 Å². The minimum Gasteiger partial charge on any atom is -0.475 e. The zero-order valence-corrected chi connectivity index (χ0v) is 11.1. The molecule has 0 saturated heterocycles. The summed E-state index contributed by atoms with van der Waals surface area (Å²) in [6.07, 6.45) is 3.27. The van der Waals surface area contributed by atoms with Gasteiger partial charge in [-0.3, -0.25) is 10.1 Å². The van der Waals surface area contributed by atoms with E-state index in [1.807, 2.05) is 0 Å². The molecule has 0 radical (unpaired) electrons. The van der Waals surface area contributed by atoms with Gasteiger partial charge in [0, 0.05) is 11.8 Å². The highest BCUT2D eigenvalue weighted by molar-refractivity contribution is 5.73. The van der Waals surface area contributed by atoms with Crippen LogP contribution in [0.3, 0.4) is 0 Å². The first-order chi connectivity index (χ1) is 10.8. The molecule has 3 aromatic heterocycles. The lowest BCUT2D eigenvalue weighted by Crippen LogP contribution is -2.21. The van der Waals surface area contributed by atoms with Gasteiger partial charge in [-0.25, -0.2) is 9.31 Å². The predicted octanol–water partition coefficient (Wildman–Crippen LogP) is 1.62. The third-order valence-corrected chi connectivity index (χ3v) is 2.56. The minimum absolute atomic E-state index is 0.520. The summed E-state index contributed by atoms with van der Waals surface area (Å²) < 4.78 is 33.4. The number of nitriles is 1. The van der Waals surface area contributed by atoms with Gasteiger partial charge in [0.25, 0.3) is 0 Å². The molecule has 0 amide bonds. The number of rotatable bonds is 1. The molecule has 3 rings (SSSR count). The number of alkyl halides is 3. The number of aromatic nitrogens is 5. The van der Waals surface area contributed by atoms with E-state index in [0.29, 0.717) is 11.1 Å². The number of aliphatic carboxylic acids is 1. The van der Waals surface area contributed by atoms with Gasteiger partial charge < -0.3 is 5.11 Å². The first kappa shape index (κ1) is 16.0. The lowest BCUT2D eigenvalue weighted by molar-refractivity contribution is -0.192. The Morgan fingerprint density at radius 2 is 2.04 bits per heavy atom. The van der Waals surface area contributed by atoms with Crippen LogP contribution in [0, 0.1) is 11.3 Å². The van der Waals surface area contributed by atoms with E-state index in [1.54, 1.807) is 29.3 Å². The second kappa shape index (κ2) is 6.14. The highest BCUT2D eigenvalue weighted by Gasteiger charge is 2.38. The van der Waals surface area contributed by atoms with Crippen LogP contribution in [0.5, 0.6) is 0 Å². The molecule has 8 nitrogen and oxygen atoms in total. The molecule has 23 heavy (non-hydrogen) atoms. The summed E-state index contributed by atoms with van der Waals surface area (Å²) in [6.45, 7) is 0. The van der Waals surface area contributed by atoms with E-state index >= 15 is 0 Å². The van der Waals surface area contributed by atoms with Crippen molar-refractivity contribution in [3.63, 3.8) is 0 Å². The zero-order chi connectivity index (χ0) is 17.0. The number of carboxylic acid groups (broad SMARTS) is 1. The molecule has 118 valence electrons. The molecule has 0 atom stereocenters. The lowest BCUT2D eigenvalue weighted by atomic mass is 10.2. The second-order valence-corrected chi connectivity index (χ2v) is 4.06. The van der Waals surface area contributed by atoms with Gasteiger partial charge in [-0.2, -0.15) is 28.6 Å². The normalized spacial score (nSPS) is 10.7.